The molecule has 9 heteroatoms. The van der Waals surface area contributed by atoms with E-state index >= 15 is 0 Å². The Kier molecular flexibility index (Phi) is 4.62. The maximum atomic E-state index is 10.2. The average molecular weight is 256 g/mol. The third kappa shape index (κ3) is 3.94. The lowest BCUT2D eigenvalue weighted by Gasteiger charge is -2.36. The molecule has 3 unspecified atom stereocenters. The highest BCUT2D eigenvalue weighted by atomic mass is 32.3. The fourth-order valence-corrected chi connectivity index (χ4v) is 1.86. The Balaban J connectivity index is 2.48. The first kappa shape index (κ1) is 13.8. The summed E-state index contributed by atoms with van der Waals surface area (Å²) >= 11 is 0. The summed E-state index contributed by atoms with van der Waals surface area (Å²) in [6.45, 7) is -0.517. The fourth-order valence-electron chi connectivity index (χ4n) is 1.54. The summed E-state index contributed by atoms with van der Waals surface area (Å²) in [6, 6.07) is -0.653. The van der Waals surface area contributed by atoms with E-state index in [1.165, 1.54) is 0 Å². The third-order valence-corrected chi connectivity index (χ3v) is 2.71. The Morgan fingerprint density at radius 1 is 1.56 bits per heavy atom. The molecule has 16 heavy (non-hydrogen) atoms. The first-order chi connectivity index (χ1) is 7.33. The van der Waals surface area contributed by atoms with Crippen LogP contribution in [0, 0.1) is 0 Å². The summed E-state index contributed by atoms with van der Waals surface area (Å²) in [7, 11) is -3.25. The molecule has 1 fully saturated rings. The number of rotatable bonds is 4. The van der Waals surface area contributed by atoms with Crippen molar-refractivity contribution >= 4 is 10.4 Å². The highest BCUT2D eigenvalue weighted by molar-refractivity contribution is 7.80. The van der Waals surface area contributed by atoms with E-state index in [-0.39, 0.29) is 6.42 Å². The van der Waals surface area contributed by atoms with Gasteiger partial charge in [0.05, 0.1) is 24.9 Å². The molecule has 3 N–H and O–H groups in total. The lowest BCUT2D eigenvalue weighted by Crippen LogP contribution is -2.55. The van der Waals surface area contributed by atoms with Gasteiger partial charge >= 0.3 is 0 Å². The largest absolute Gasteiger partial charge is 0.726 e. The van der Waals surface area contributed by atoms with Crippen molar-refractivity contribution in [1.82, 2.24) is 5.32 Å². The van der Waals surface area contributed by atoms with Crippen LogP contribution in [0.2, 0.25) is 0 Å². The standard InChI is InChI=1S/C7H15NO7S/c1-8-6-5(9)2-4(15-7(6)10)3-14-16(11,12)13/h4-10H,2-3H2,1H3,(H,11,12,13)/p-1/t4?,5-,6?,7?/m0/s1. The van der Waals surface area contributed by atoms with E-state index < -0.39 is 41.5 Å². The summed E-state index contributed by atoms with van der Waals surface area (Å²) in [4.78, 5) is 0. The number of aliphatic hydroxyl groups excluding tert-OH is 2. The Hall–Kier alpha value is -0.290. The van der Waals surface area contributed by atoms with Crippen molar-refractivity contribution < 1.29 is 32.1 Å². The number of nitrogens with one attached hydrogen (secondary N) is 1. The molecule has 1 heterocycles. The van der Waals surface area contributed by atoms with Crippen molar-refractivity contribution in [1.29, 1.82) is 0 Å². The zero-order valence-corrected chi connectivity index (χ0v) is 9.38. The molecular weight excluding hydrogens is 242 g/mol. The molecule has 96 valence electrons. The summed E-state index contributed by atoms with van der Waals surface area (Å²) in [6.07, 6.45) is -2.95. The van der Waals surface area contributed by atoms with Crippen molar-refractivity contribution in [2.45, 2.75) is 31.0 Å². The minimum absolute atomic E-state index is 0.0675. The van der Waals surface area contributed by atoms with E-state index in [0.717, 1.165) is 0 Å². The molecule has 0 radical (unpaired) electrons. The van der Waals surface area contributed by atoms with Crippen LogP contribution in [0.25, 0.3) is 0 Å². The van der Waals surface area contributed by atoms with E-state index in [9.17, 15) is 23.2 Å². The van der Waals surface area contributed by atoms with Crippen molar-refractivity contribution in [2.24, 2.45) is 0 Å². The predicted molar refractivity (Wildman–Crippen MR) is 50.0 cm³/mol. The second kappa shape index (κ2) is 5.36. The van der Waals surface area contributed by atoms with Crippen LogP contribution in [0.3, 0.4) is 0 Å². The Bertz CT molecular complexity index is 307. The van der Waals surface area contributed by atoms with Gasteiger partial charge in [0.25, 0.3) is 0 Å². The van der Waals surface area contributed by atoms with Crippen molar-refractivity contribution in [3.05, 3.63) is 0 Å². The smallest absolute Gasteiger partial charge is 0.217 e. The fraction of sp³-hybridized carbons (Fsp3) is 1.00. The summed E-state index contributed by atoms with van der Waals surface area (Å²) in [5.41, 5.74) is 0. The lowest BCUT2D eigenvalue weighted by atomic mass is 10.0. The van der Waals surface area contributed by atoms with Gasteiger partial charge in [-0.2, -0.15) is 0 Å². The molecule has 0 bridgehead atoms. The van der Waals surface area contributed by atoms with Gasteiger partial charge in [0, 0.05) is 6.42 Å². The normalized spacial score (nSPS) is 36.2. The van der Waals surface area contributed by atoms with Gasteiger partial charge in [0.1, 0.15) is 0 Å². The molecule has 0 spiro atoms. The number of ether oxygens (including phenoxy) is 1. The van der Waals surface area contributed by atoms with Gasteiger partial charge in [-0.15, -0.1) is 0 Å². The molecule has 1 saturated heterocycles. The van der Waals surface area contributed by atoms with Gasteiger partial charge in [-0.1, -0.05) is 0 Å². The van der Waals surface area contributed by atoms with Gasteiger partial charge in [0.15, 0.2) is 6.29 Å². The van der Waals surface area contributed by atoms with Crippen LogP contribution in [0.4, 0.5) is 0 Å². The topological polar surface area (TPSA) is 128 Å². The average Bonchev–Trinajstić information content (AvgIpc) is 2.13. The van der Waals surface area contributed by atoms with Gasteiger partial charge in [-0.05, 0) is 7.05 Å². The monoisotopic (exact) mass is 256 g/mol. The molecular formula is C7H14NO7S-. The molecule has 0 aromatic carbocycles. The zero-order chi connectivity index (χ0) is 12.3. The first-order valence-electron chi connectivity index (χ1n) is 4.62. The van der Waals surface area contributed by atoms with Crippen LogP contribution >= 0.6 is 0 Å². The van der Waals surface area contributed by atoms with E-state index in [2.05, 4.69) is 9.50 Å². The minimum Gasteiger partial charge on any atom is -0.726 e. The minimum atomic E-state index is -4.79. The van der Waals surface area contributed by atoms with Gasteiger partial charge < -0.3 is 24.8 Å². The lowest BCUT2D eigenvalue weighted by molar-refractivity contribution is -0.211. The second-order valence-corrected chi connectivity index (χ2v) is 4.51. The van der Waals surface area contributed by atoms with Crippen molar-refractivity contribution in [3.63, 3.8) is 0 Å². The number of likely N-dealkylation sites (N-methyl/N-ethyl adjacent to an activating group) is 1. The molecule has 1 rings (SSSR count). The third-order valence-electron chi connectivity index (χ3n) is 2.29. The van der Waals surface area contributed by atoms with E-state index in [1.54, 1.807) is 7.05 Å². The highest BCUT2D eigenvalue weighted by Gasteiger charge is 2.36. The van der Waals surface area contributed by atoms with Crippen LogP contribution in [0.15, 0.2) is 0 Å². The molecule has 8 nitrogen and oxygen atoms in total. The Labute approximate surface area is 93.1 Å². The molecule has 4 atom stereocenters. The summed E-state index contributed by atoms with van der Waals surface area (Å²) in [5, 5.41) is 21.6. The molecule has 0 aromatic rings. The van der Waals surface area contributed by atoms with Gasteiger partial charge in [-0.25, -0.2) is 8.42 Å². The Morgan fingerprint density at radius 2 is 2.19 bits per heavy atom. The molecule has 0 aromatic heterocycles. The SMILES string of the molecule is CNC1C(O)OC(COS(=O)(=O)[O-])C[C@@H]1O. The maximum Gasteiger partial charge on any atom is 0.217 e. The predicted octanol–water partition coefficient (Wildman–Crippen LogP) is -2.48. The Morgan fingerprint density at radius 3 is 2.62 bits per heavy atom. The number of hydrogen-bond donors (Lipinski definition) is 3. The molecule has 0 aliphatic carbocycles. The van der Waals surface area contributed by atoms with Crippen LogP contribution in [0.5, 0.6) is 0 Å². The quantitative estimate of drug-likeness (QED) is 0.372. The van der Waals surface area contributed by atoms with Crippen LogP contribution < -0.4 is 5.32 Å². The molecule has 0 saturated carbocycles. The van der Waals surface area contributed by atoms with Gasteiger partial charge in [-0.3, -0.25) is 4.18 Å². The molecule has 0 amide bonds. The van der Waals surface area contributed by atoms with Crippen LogP contribution in [-0.4, -0.2) is 61.4 Å². The molecule has 1 aliphatic rings. The van der Waals surface area contributed by atoms with Crippen LogP contribution in [0.1, 0.15) is 6.42 Å². The van der Waals surface area contributed by atoms with Crippen molar-refractivity contribution in [2.75, 3.05) is 13.7 Å². The summed E-state index contributed by atoms with van der Waals surface area (Å²) in [5.74, 6) is 0. The summed E-state index contributed by atoms with van der Waals surface area (Å²) < 4.78 is 39.5. The van der Waals surface area contributed by atoms with Crippen LogP contribution in [-0.2, 0) is 19.3 Å². The van der Waals surface area contributed by atoms with E-state index in [4.69, 9.17) is 4.74 Å². The zero-order valence-electron chi connectivity index (χ0n) is 8.57. The van der Waals surface area contributed by atoms with E-state index in [1.807, 2.05) is 0 Å². The van der Waals surface area contributed by atoms with E-state index in [0.29, 0.717) is 0 Å². The number of hydrogen-bond acceptors (Lipinski definition) is 8. The first-order valence-corrected chi connectivity index (χ1v) is 5.96. The maximum absolute atomic E-state index is 10.2. The highest BCUT2D eigenvalue weighted by Crippen LogP contribution is 2.19. The van der Waals surface area contributed by atoms with Gasteiger partial charge in [0.2, 0.25) is 10.4 Å². The number of aliphatic hydroxyl groups is 2. The van der Waals surface area contributed by atoms with Crippen molar-refractivity contribution in [3.8, 4) is 0 Å². The molecule has 1 aliphatic heterocycles. The second-order valence-electron chi connectivity index (χ2n) is 3.46.